The van der Waals surface area contributed by atoms with Crippen LogP contribution in [0.1, 0.15) is 57.2 Å². The van der Waals surface area contributed by atoms with Gasteiger partial charge in [-0.05, 0) is 97.6 Å². The van der Waals surface area contributed by atoms with Crippen LogP contribution >= 0.6 is 11.8 Å². The lowest BCUT2D eigenvalue weighted by Crippen LogP contribution is -2.62. The molecule has 0 bridgehead atoms. The van der Waals surface area contributed by atoms with Gasteiger partial charge in [-0.25, -0.2) is 14.6 Å². The topological polar surface area (TPSA) is 114 Å². The third kappa shape index (κ3) is 4.01. The predicted octanol–water partition coefficient (Wildman–Crippen LogP) is 5.46. The fourth-order valence-corrected chi connectivity index (χ4v) is 10.4. The van der Waals surface area contributed by atoms with Crippen LogP contribution in [-0.2, 0) is 11.2 Å². The Morgan fingerprint density at radius 3 is 2.70 bits per heavy atom. The minimum Gasteiger partial charge on any atom is -0.393 e. The first kappa shape index (κ1) is 28.1. The summed E-state index contributed by atoms with van der Waals surface area (Å²) in [5.74, 6) is 1.23. The first-order chi connectivity index (χ1) is 21.2. The Kier molecular flexibility index (Phi) is 6.42. The number of ketones is 1. The number of para-hydroxylation sites is 2. The maximum Gasteiger partial charge on any atom is 0.175 e. The Balaban J connectivity index is 1.04. The molecule has 0 amide bonds. The molecule has 0 radical (unpaired) electrons. The average molecular weight is 608 g/mol. The number of hydrogen-bond acceptors (Lipinski definition) is 8. The van der Waals surface area contributed by atoms with Gasteiger partial charge in [0.1, 0.15) is 10.6 Å². The van der Waals surface area contributed by atoms with E-state index in [0.717, 1.165) is 48.2 Å². The number of carbonyl (C=O) groups excluding carboxylic acids is 1. The first-order valence-electron chi connectivity index (χ1n) is 15.7. The molecule has 226 valence electrons. The molecule has 0 spiro atoms. The van der Waals surface area contributed by atoms with Gasteiger partial charge in [0.25, 0.3) is 0 Å². The molecule has 1 aromatic carbocycles. The van der Waals surface area contributed by atoms with Gasteiger partial charge in [-0.2, -0.15) is 5.10 Å². The summed E-state index contributed by atoms with van der Waals surface area (Å²) in [6.07, 6.45) is 11.5. The Morgan fingerprint density at radius 2 is 1.89 bits per heavy atom. The standard InChI is InChI=1S/C35H37N5O3S/c1-33-16-21-18-38-40(30-9-5-6-14-36-30)27(21)15-22(33)10-11-23-24-12-13-35(43,34(24,2)17-28(41)32(23)33)29(42)20-44-31-19-37-25-7-3-4-8-26(25)39-31/h3-9,14-15,18-19,23-24,28,32,41,43H,10-13,16-17,20H2,1-2H3/t23?,24?,28?,32?,33?,34?,35-/m0/s1. The number of aromatic nitrogens is 5. The second kappa shape index (κ2) is 10.1. The highest BCUT2D eigenvalue weighted by molar-refractivity contribution is 7.99. The molecule has 4 aromatic rings. The fourth-order valence-electron chi connectivity index (χ4n) is 9.58. The second-order valence-corrected chi connectivity index (χ2v) is 14.7. The largest absolute Gasteiger partial charge is 0.393 e. The van der Waals surface area contributed by atoms with Crippen LogP contribution in [-0.4, -0.2) is 58.2 Å². The van der Waals surface area contributed by atoms with Crippen molar-refractivity contribution in [3.63, 3.8) is 0 Å². The number of fused-ring (bicyclic) bond motifs is 7. The van der Waals surface area contributed by atoms with Crippen LogP contribution in [0.5, 0.6) is 0 Å². The molecule has 0 aliphatic heterocycles. The van der Waals surface area contributed by atoms with Crippen molar-refractivity contribution < 1.29 is 15.0 Å². The zero-order valence-electron chi connectivity index (χ0n) is 25.1. The van der Waals surface area contributed by atoms with E-state index in [4.69, 9.17) is 5.10 Å². The van der Waals surface area contributed by atoms with Gasteiger partial charge in [-0.3, -0.25) is 9.78 Å². The van der Waals surface area contributed by atoms with E-state index in [1.807, 2.05) is 53.3 Å². The minimum atomic E-state index is -1.47. The molecule has 7 atom stereocenters. The van der Waals surface area contributed by atoms with E-state index in [1.54, 1.807) is 12.4 Å². The first-order valence-corrected chi connectivity index (χ1v) is 16.7. The molecule has 3 aromatic heterocycles. The minimum absolute atomic E-state index is 0.0617. The summed E-state index contributed by atoms with van der Waals surface area (Å²) in [4.78, 5) is 27.5. The van der Waals surface area contributed by atoms with E-state index in [9.17, 15) is 15.0 Å². The molecular weight excluding hydrogens is 570 g/mol. The van der Waals surface area contributed by atoms with Gasteiger partial charge >= 0.3 is 0 Å². The van der Waals surface area contributed by atoms with Crippen LogP contribution < -0.4 is 0 Å². The zero-order chi connectivity index (χ0) is 30.3. The molecule has 2 N–H and O–H groups in total. The van der Waals surface area contributed by atoms with Crippen molar-refractivity contribution in [2.45, 2.75) is 69.1 Å². The summed E-state index contributed by atoms with van der Waals surface area (Å²) < 4.78 is 1.92. The van der Waals surface area contributed by atoms with Crippen LogP contribution in [0, 0.1) is 28.6 Å². The highest BCUT2D eigenvalue weighted by Crippen LogP contribution is 2.67. The SMILES string of the molecule is CC12Cc3cnn(-c4ccccn4)c3C=C1CCC1C2C(O)CC2(C)C1CC[C@]2(O)C(=O)CSc1cnc2ccccc2n1. The van der Waals surface area contributed by atoms with Crippen LogP contribution in [0.2, 0.25) is 0 Å². The van der Waals surface area contributed by atoms with E-state index < -0.39 is 17.1 Å². The Morgan fingerprint density at radius 1 is 1.07 bits per heavy atom. The average Bonchev–Trinajstić information content (AvgIpc) is 3.55. The van der Waals surface area contributed by atoms with Gasteiger partial charge in [-0.1, -0.05) is 49.4 Å². The molecule has 0 saturated heterocycles. The van der Waals surface area contributed by atoms with Crippen molar-refractivity contribution in [1.82, 2.24) is 24.7 Å². The summed E-state index contributed by atoms with van der Waals surface area (Å²) in [6, 6.07) is 13.5. The highest BCUT2D eigenvalue weighted by Gasteiger charge is 2.68. The molecule has 8 nitrogen and oxygen atoms in total. The van der Waals surface area contributed by atoms with Crippen molar-refractivity contribution >= 4 is 34.7 Å². The number of carbonyl (C=O) groups is 1. The molecule has 6 unspecified atom stereocenters. The predicted molar refractivity (Wildman–Crippen MR) is 169 cm³/mol. The molecule has 8 rings (SSSR count). The number of hydrogen-bond donors (Lipinski definition) is 2. The molecule has 3 saturated carbocycles. The number of Topliss-reactive ketones (excluding diaryl/α,β-unsaturated/α-hetero) is 1. The van der Waals surface area contributed by atoms with Crippen LogP contribution in [0.3, 0.4) is 0 Å². The number of thioether (sulfide) groups is 1. The molecule has 44 heavy (non-hydrogen) atoms. The van der Waals surface area contributed by atoms with Crippen molar-refractivity contribution in [1.29, 1.82) is 0 Å². The molecular formula is C35H37N5O3S. The molecule has 4 aliphatic carbocycles. The number of nitrogens with zero attached hydrogens (tertiary/aromatic N) is 5. The van der Waals surface area contributed by atoms with E-state index in [1.165, 1.54) is 22.9 Å². The Labute approximate surface area is 261 Å². The van der Waals surface area contributed by atoms with Gasteiger partial charge in [-0.15, -0.1) is 0 Å². The third-order valence-corrected chi connectivity index (χ3v) is 12.6. The number of allylic oxidation sites excluding steroid dienone is 1. The number of rotatable bonds is 5. The van der Waals surface area contributed by atoms with Crippen molar-refractivity contribution in [2.24, 2.45) is 28.6 Å². The van der Waals surface area contributed by atoms with Crippen LogP contribution in [0.4, 0.5) is 0 Å². The Hall–Kier alpha value is -3.40. The third-order valence-electron chi connectivity index (χ3n) is 11.7. The molecule has 3 heterocycles. The van der Waals surface area contributed by atoms with Gasteiger partial charge in [0, 0.05) is 11.6 Å². The van der Waals surface area contributed by atoms with E-state index in [0.29, 0.717) is 17.9 Å². The molecule has 9 heteroatoms. The number of aliphatic hydroxyl groups excluding tert-OH is 1. The monoisotopic (exact) mass is 607 g/mol. The van der Waals surface area contributed by atoms with E-state index in [2.05, 4.69) is 34.9 Å². The summed E-state index contributed by atoms with van der Waals surface area (Å²) in [6.45, 7) is 4.38. The van der Waals surface area contributed by atoms with Gasteiger partial charge in [0.05, 0.1) is 41.0 Å². The van der Waals surface area contributed by atoms with Gasteiger partial charge in [0.2, 0.25) is 0 Å². The van der Waals surface area contributed by atoms with Gasteiger partial charge < -0.3 is 10.2 Å². The number of aliphatic hydroxyl groups is 2. The number of benzene rings is 1. The van der Waals surface area contributed by atoms with E-state index >= 15 is 0 Å². The van der Waals surface area contributed by atoms with E-state index in [-0.39, 0.29) is 34.7 Å². The zero-order valence-corrected chi connectivity index (χ0v) is 25.9. The maximum absolute atomic E-state index is 13.9. The van der Waals surface area contributed by atoms with Gasteiger partial charge in [0.15, 0.2) is 11.6 Å². The van der Waals surface area contributed by atoms with Crippen LogP contribution in [0.25, 0.3) is 22.9 Å². The van der Waals surface area contributed by atoms with Crippen molar-refractivity contribution in [3.8, 4) is 5.82 Å². The normalized spacial score (nSPS) is 34.0. The summed E-state index contributed by atoms with van der Waals surface area (Å²) in [5.41, 5.74) is 2.87. The lowest BCUT2D eigenvalue weighted by Gasteiger charge is -2.60. The van der Waals surface area contributed by atoms with Crippen molar-refractivity contribution in [3.05, 3.63) is 77.9 Å². The second-order valence-electron chi connectivity index (χ2n) is 13.8. The highest BCUT2D eigenvalue weighted by atomic mass is 32.2. The van der Waals surface area contributed by atoms with Crippen LogP contribution in [0.15, 0.2) is 71.7 Å². The fraction of sp³-hybridized carbons (Fsp3) is 0.457. The lowest BCUT2D eigenvalue weighted by atomic mass is 9.45. The summed E-state index contributed by atoms with van der Waals surface area (Å²) >= 11 is 1.33. The Bertz CT molecular complexity index is 1810. The lowest BCUT2D eigenvalue weighted by molar-refractivity contribution is -0.177. The summed E-state index contributed by atoms with van der Waals surface area (Å²) in [7, 11) is 0. The quantitative estimate of drug-likeness (QED) is 0.288. The van der Waals surface area contributed by atoms with Crippen molar-refractivity contribution in [2.75, 3.05) is 5.75 Å². The molecule has 4 aliphatic rings. The smallest absolute Gasteiger partial charge is 0.175 e. The molecule has 3 fully saturated rings. The maximum atomic E-state index is 13.9. The summed E-state index contributed by atoms with van der Waals surface area (Å²) in [5, 5.41) is 29.5. The number of pyridine rings is 1.